The molecule has 0 saturated carbocycles. The number of hydrogen-bond donors (Lipinski definition) is 1. The molecule has 23 heavy (non-hydrogen) atoms. The average molecular weight is 336 g/mol. The molecule has 0 aromatic carbocycles. The number of nitrogens with one attached hydrogen (secondary N) is 1. The second-order valence-electron chi connectivity index (χ2n) is 5.10. The monoisotopic (exact) mass is 336 g/mol. The molecular formula is C15H17KN6O. The van der Waals surface area contributed by atoms with Crippen molar-refractivity contribution >= 4 is 16.9 Å². The molecule has 0 aliphatic carbocycles. The smallest absolute Gasteiger partial charge is 0.402 e. The molecule has 0 bridgehead atoms. The zero-order valence-corrected chi connectivity index (χ0v) is 16.9. The predicted molar refractivity (Wildman–Crippen MR) is 83.6 cm³/mol. The Bertz CT molecular complexity index is 838. The summed E-state index contributed by atoms with van der Waals surface area (Å²) in [5.74, 6) is 0.791. The first-order valence-electron chi connectivity index (χ1n) is 7.13. The Morgan fingerprint density at radius 2 is 2.17 bits per heavy atom. The average Bonchev–Trinajstić information content (AvgIpc) is 2.91. The Balaban J connectivity index is 0.00000192. The minimum absolute atomic E-state index is 0. The van der Waals surface area contributed by atoms with Crippen LogP contribution in [0.15, 0.2) is 29.3 Å². The van der Waals surface area contributed by atoms with Crippen LogP contribution in [-0.2, 0) is 7.05 Å². The summed E-state index contributed by atoms with van der Waals surface area (Å²) in [5.41, 5.74) is 1.65. The molecule has 8 heteroatoms. The third-order valence-corrected chi connectivity index (χ3v) is 3.83. The molecule has 1 unspecified atom stereocenters. The van der Waals surface area contributed by atoms with Crippen molar-refractivity contribution in [3.05, 3.63) is 46.8 Å². The standard InChI is InChI=1S/C15H17N6O.K/c1-4-21(10(2)11-5-6-13(22)16-7-11)15-12-8-19-20(3)14(12)17-9-18-15;/h5-8,10H,4H2,1-3H3,(H,16,22);/q-1;+1. The van der Waals surface area contributed by atoms with Gasteiger partial charge in [0.25, 0.3) is 0 Å². The largest absolute Gasteiger partial charge is 1.00 e. The molecule has 0 spiro atoms. The zero-order chi connectivity index (χ0) is 15.7. The second-order valence-corrected chi connectivity index (χ2v) is 5.10. The van der Waals surface area contributed by atoms with Crippen LogP contribution in [0.3, 0.4) is 0 Å². The van der Waals surface area contributed by atoms with Crippen LogP contribution in [0, 0.1) is 6.33 Å². The van der Waals surface area contributed by atoms with E-state index in [9.17, 15) is 4.79 Å². The molecule has 0 fully saturated rings. The third kappa shape index (κ3) is 3.56. The first kappa shape index (κ1) is 18.3. The SMILES string of the molecule is CCN(c1n[c-]nc2c1cnn2C)C(C)c1ccc(=O)[nH]c1.[K+]. The van der Waals surface area contributed by atoms with E-state index in [-0.39, 0.29) is 63.0 Å². The summed E-state index contributed by atoms with van der Waals surface area (Å²) < 4.78 is 1.70. The van der Waals surface area contributed by atoms with E-state index in [2.05, 4.69) is 45.1 Å². The Morgan fingerprint density at radius 3 is 2.83 bits per heavy atom. The zero-order valence-electron chi connectivity index (χ0n) is 13.7. The Hall–Kier alpha value is -1.06. The number of hydrogen-bond acceptors (Lipinski definition) is 5. The molecule has 7 nitrogen and oxygen atoms in total. The first-order chi connectivity index (χ1) is 10.6. The molecule has 1 atom stereocenters. The minimum Gasteiger partial charge on any atom is -0.402 e. The van der Waals surface area contributed by atoms with Crippen molar-refractivity contribution in [1.29, 1.82) is 0 Å². The van der Waals surface area contributed by atoms with Gasteiger partial charge in [0.2, 0.25) is 5.56 Å². The van der Waals surface area contributed by atoms with Crippen LogP contribution in [0.25, 0.3) is 11.0 Å². The minimum atomic E-state index is -0.107. The van der Waals surface area contributed by atoms with Gasteiger partial charge >= 0.3 is 51.4 Å². The van der Waals surface area contributed by atoms with E-state index in [1.54, 1.807) is 17.1 Å². The van der Waals surface area contributed by atoms with Crippen LogP contribution in [0.1, 0.15) is 25.5 Å². The summed E-state index contributed by atoms with van der Waals surface area (Å²) >= 11 is 0. The summed E-state index contributed by atoms with van der Waals surface area (Å²) in [6.45, 7) is 4.89. The van der Waals surface area contributed by atoms with E-state index in [4.69, 9.17) is 0 Å². The molecule has 3 heterocycles. The molecule has 3 rings (SSSR count). The number of aromatic amines is 1. The Morgan fingerprint density at radius 1 is 1.39 bits per heavy atom. The number of aromatic nitrogens is 5. The fourth-order valence-corrected chi connectivity index (χ4v) is 2.59. The van der Waals surface area contributed by atoms with E-state index < -0.39 is 0 Å². The molecule has 3 aromatic rings. The van der Waals surface area contributed by atoms with Crippen molar-refractivity contribution in [3.8, 4) is 0 Å². The van der Waals surface area contributed by atoms with Gasteiger partial charge in [-0.15, -0.1) is 0 Å². The molecule has 0 radical (unpaired) electrons. The van der Waals surface area contributed by atoms with Crippen molar-refractivity contribution in [1.82, 2.24) is 24.7 Å². The number of nitrogens with zero attached hydrogens (tertiary/aromatic N) is 5. The van der Waals surface area contributed by atoms with Crippen LogP contribution < -0.4 is 61.8 Å². The van der Waals surface area contributed by atoms with Crippen molar-refractivity contribution in [2.75, 3.05) is 11.4 Å². The van der Waals surface area contributed by atoms with E-state index in [0.717, 1.165) is 29.0 Å². The topological polar surface area (TPSA) is 79.7 Å². The second kappa shape index (κ2) is 7.67. The van der Waals surface area contributed by atoms with E-state index in [0.29, 0.717) is 0 Å². The number of H-pyrrole nitrogens is 1. The third-order valence-electron chi connectivity index (χ3n) is 3.83. The molecule has 0 aliphatic rings. The maximum Gasteiger partial charge on any atom is 1.00 e. The van der Waals surface area contributed by atoms with Crippen molar-refractivity contribution < 1.29 is 51.4 Å². The van der Waals surface area contributed by atoms with E-state index >= 15 is 0 Å². The van der Waals surface area contributed by atoms with Crippen LogP contribution in [0.4, 0.5) is 5.82 Å². The quantitative estimate of drug-likeness (QED) is 0.461. The molecule has 3 aromatic heterocycles. The van der Waals surface area contributed by atoms with Gasteiger partial charge in [-0.1, -0.05) is 6.07 Å². The van der Waals surface area contributed by atoms with Crippen LogP contribution in [0.5, 0.6) is 0 Å². The van der Waals surface area contributed by atoms with Gasteiger partial charge in [0, 0.05) is 55.9 Å². The van der Waals surface area contributed by atoms with Gasteiger partial charge in [-0.05, 0) is 24.8 Å². The summed E-state index contributed by atoms with van der Waals surface area (Å²) in [6, 6.07) is 3.41. The molecule has 1 N–H and O–H groups in total. The van der Waals surface area contributed by atoms with Crippen molar-refractivity contribution in [2.45, 2.75) is 19.9 Å². The number of pyridine rings is 1. The Labute approximate surface area is 176 Å². The molecule has 0 amide bonds. The fourth-order valence-electron chi connectivity index (χ4n) is 2.59. The predicted octanol–water partition coefficient (Wildman–Crippen LogP) is -1.56. The van der Waals surface area contributed by atoms with Gasteiger partial charge in [0.1, 0.15) is 0 Å². The maximum absolute atomic E-state index is 11.2. The number of fused-ring (bicyclic) bond motifs is 1. The van der Waals surface area contributed by atoms with E-state index in [1.165, 1.54) is 6.07 Å². The summed E-state index contributed by atoms with van der Waals surface area (Å²) in [5, 5.41) is 5.13. The van der Waals surface area contributed by atoms with Crippen molar-refractivity contribution in [2.24, 2.45) is 7.05 Å². The number of rotatable bonds is 4. The van der Waals surface area contributed by atoms with E-state index in [1.807, 2.05) is 13.1 Å². The molecular weight excluding hydrogens is 319 g/mol. The summed E-state index contributed by atoms with van der Waals surface area (Å²) in [4.78, 5) is 24.5. The van der Waals surface area contributed by atoms with Gasteiger partial charge in [-0.25, -0.2) is 0 Å². The first-order valence-corrected chi connectivity index (χ1v) is 7.13. The fraction of sp³-hybridized carbons (Fsp3) is 0.333. The Kier molecular flexibility index (Phi) is 6.10. The van der Waals surface area contributed by atoms with Crippen LogP contribution in [0.2, 0.25) is 0 Å². The van der Waals surface area contributed by atoms with Gasteiger partial charge in [-0.2, -0.15) is 5.10 Å². The van der Waals surface area contributed by atoms with Gasteiger partial charge in [0.05, 0.1) is 0 Å². The normalized spacial score (nSPS) is 12.0. The maximum atomic E-state index is 11.2. The van der Waals surface area contributed by atoms with Crippen molar-refractivity contribution in [3.63, 3.8) is 0 Å². The number of aryl methyl sites for hydroxylation is 1. The summed E-state index contributed by atoms with van der Waals surface area (Å²) in [6.07, 6.45) is 6.20. The van der Waals surface area contributed by atoms with Gasteiger partial charge in [0.15, 0.2) is 0 Å². The molecule has 114 valence electrons. The van der Waals surface area contributed by atoms with Gasteiger partial charge < -0.3 is 24.5 Å². The number of anilines is 1. The van der Waals surface area contributed by atoms with Crippen LogP contribution >= 0.6 is 0 Å². The summed E-state index contributed by atoms with van der Waals surface area (Å²) in [7, 11) is 1.84. The molecule has 0 saturated heterocycles. The van der Waals surface area contributed by atoms with Gasteiger partial charge in [-0.3, -0.25) is 4.79 Å². The molecule has 0 aliphatic heterocycles. The van der Waals surface area contributed by atoms with Crippen LogP contribution in [-0.4, -0.2) is 31.3 Å².